The Balaban J connectivity index is 2.47. The number of primary amides is 1. The Hall–Kier alpha value is -1.61. The number of nitrogens with two attached hydrogens (primary N) is 1. The van der Waals surface area contributed by atoms with Crippen molar-refractivity contribution in [3.63, 3.8) is 0 Å². The minimum Gasteiger partial charge on any atom is -0.378 e. The predicted octanol–water partition coefficient (Wildman–Crippen LogP) is 1.58. The molecule has 21 heavy (non-hydrogen) atoms. The van der Waals surface area contributed by atoms with Crippen LogP contribution in [0.25, 0.3) is 0 Å². The van der Waals surface area contributed by atoms with Crippen LogP contribution in [0.2, 0.25) is 5.02 Å². The van der Waals surface area contributed by atoms with Crippen molar-refractivity contribution in [3.8, 4) is 6.07 Å². The van der Waals surface area contributed by atoms with Crippen molar-refractivity contribution >= 4 is 17.5 Å². The molecule has 5 nitrogen and oxygen atoms in total. The molecular weight excluding hydrogens is 290 g/mol. The van der Waals surface area contributed by atoms with E-state index in [1.54, 1.807) is 18.2 Å². The number of nitriles is 1. The molecule has 1 aromatic carbocycles. The highest BCUT2D eigenvalue weighted by molar-refractivity contribution is 6.31. The van der Waals surface area contributed by atoms with Crippen LogP contribution in [0, 0.1) is 11.3 Å². The Bertz CT molecular complexity index is 589. The summed E-state index contributed by atoms with van der Waals surface area (Å²) in [5, 5.41) is 19.8. The summed E-state index contributed by atoms with van der Waals surface area (Å²) < 4.78 is 0. The van der Waals surface area contributed by atoms with Gasteiger partial charge in [-0.25, -0.2) is 0 Å². The summed E-state index contributed by atoms with van der Waals surface area (Å²) in [6, 6.07) is 6.36. The van der Waals surface area contributed by atoms with Gasteiger partial charge in [0.2, 0.25) is 0 Å². The molecule has 0 spiro atoms. The summed E-state index contributed by atoms with van der Waals surface area (Å²) >= 11 is 6.07. The van der Waals surface area contributed by atoms with Crippen LogP contribution in [0.4, 0.5) is 0 Å². The third-order valence-corrected chi connectivity index (χ3v) is 4.28. The second-order valence-corrected chi connectivity index (χ2v) is 5.92. The van der Waals surface area contributed by atoms with Gasteiger partial charge in [-0.2, -0.15) is 5.26 Å². The summed E-state index contributed by atoms with van der Waals surface area (Å²) in [4.78, 5) is 13.7. The first-order chi connectivity index (χ1) is 9.87. The minimum absolute atomic E-state index is 0.305. The number of carbonyl (C=O) groups is 1. The zero-order valence-electron chi connectivity index (χ0n) is 11.8. The quantitative estimate of drug-likeness (QED) is 0.883. The summed E-state index contributed by atoms with van der Waals surface area (Å²) in [6.45, 7) is 2.99. The second-order valence-electron chi connectivity index (χ2n) is 5.51. The summed E-state index contributed by atoms with van der Waals surface area (Å²) in [6.07, 6.45) is 2.02. The number of amides is 1. The van der Waals surface area contributed by atoms with E-state index >= 15 is 0 Å². The van der Waals surface area contributed by atoms with Gasteiger partial charge in [0.25, 0.3) is 5.91 Å². The van der Waals surface area contributed by atoms with Crippen molar-refractivity contribution in [2.75, 3.05) is 13.1 Å². The average Bonchev–Trinajstić information content (AvgIpc) is 2.92. The van der Waals surface area contributed by atoms with Crippen molar-refractivity contribution in [1.82, 2.24) is 4.90 Å². The fourth-order valence-electron chi connectivity index (χ4n) is 2.82. The third-order valence-electron chi connectivity index (χ3n) is 3.97. The predicted molar refractivity (Wildman–Crippen MR) is 79.5 cm³/mol. The van der Waals surface area contributed by atoms with E-state index < -0.39 is 17.6 Å². The summed E-state index contributed by atoms with van der Waals surface area (Å²) in [5.74, 6) is -0.778. The van der Waals surface area contributed by atoms with E-state index in [0.717, 1.165) is 25.9 Å². The van der Waals surface area contributed by atoms with Crippen molar-refractivity contribution in [3.05, 3.63) is 34.3 Å². The molecule has 0 saturated carbocycles. The van der Waals surface area contributed by atoms with Crippen LogP contribution >= 0.6 is 11.6 Å². The molecule has 0 aromatic heterocycles. The number of carbonyl (C=O) groups excluding carboxylic acids is 1. The maximum atomic E-state index is 11.7. The Morgan fingerprint density at radius 3 is 2.62 bits per heavy atom. The number of hydrogen-bond donors (Lipinski definition) is 2. The van der Waals surface area contributed by atoms with Crippen LogP contribution in [0.1, 0.15) is 36.9 Å². The Labute approximate surface area is 128 Å². The molecule has 1 aromatic rings. The minimum atomic E-state index is -1.71. The van der Waals surface area contributed by atoms with E-state index in [9.17, 15) is 9.90 Å². The highest BCUT2D eigenvalue weighted by Crippen LogP contribution is 2.36. The molecule has 3 N–H and O–H groups in total. The van der Waals surface area contributed by atoms with Crippen molar-refractivity contribution in [2.45, 2.75) is 31.4 Å². The molecule has 2 rings (SSSR count). The largest absolute Gasteiger partial charge is 0.378 e. The monoisotopic (exact) mass is 307 g/mol. The maximum absolute atomic E-state index is 11.7. The number of halogens is 1. The molecule has 1 saturated heterocycles. The van der Waals surface area contributed by atoms with E-state index in [2.05, 4.69) is 0 Å². The summed E-state index contributed by atoms with van der Waals surface area (Å²) in [7, 11) is 0. The lowest BCUT2D eigenvalue weighted by Crippen LogP contribution is -2.51. The van der Waals surface area contributed by atoms with E-state index in [0.29, 0.717) is 16.1 Å². The Morgan fingerprint density at radius 2 is 2.14 bits per heavy atom. The second kappa shape index (κ2) is 6.02. The van der Waals surface area contributed by atoms with Crippen LogP contribution in [0.3, 0.4) is 0 Å². The molecule has 0 aliphatic carbocycles. The highest BCUT2D eigenvalue weighted by Gasteiger charge is 2.43. The van der Waals surface area contributed by atoms with Gasteiger partial charge in [0.05, 0.1) is 16.6 Å². The van der Waals surface area contributed by atoms with Gasteiger partial charge in [-0.15, -0.1) is 0 Å². The number of likely N-dealkylation sites (tertiary alicyclic amines) is 1. The lowest BCUT2D eigenvalue weighted by molar-refractivity contribution is -0.142. The van der Waals surface area contributed by atoms with Crippen molar-refractivity contribution in [2.24, 2.45) is 5.73 Å². The van der Waals surface area contributed by atoms with Crippen LogP contribution < -0.4 is 5.73 Å². The molecule has 1 heterocycles. The van der Waals surface area contributed by atoms with Crippen LogP contribution in [-0.4, -0.2) is 34.6 Å². The third kappa shape index (κ3) is 3.03. The molecule has 1 amide bonds. The van der Waals surface area contributed by atoms with Crippen molar-refractivity contribution in [1.29, 1.82) is 5.26 Å². The molecule has 1 fully saturated rings. The fourth-order valence-corrected chi connectivity index (χ4v) is 3.05. The topological polar surface area (TPSA) is 90.3 Å². The number of nitrogens with zero attached hydrogens (tertiary/aromatic N) is 2. The van der Waals surface area contributed by atoms with E-state index in [1.165, 1.54) is 6.92 Å². The molecule has 112 valence electrons. The van der Waals surface area contributed by atoms with Gasteiger partial charge < -0.3 is 10.8 Å². The lowest BCUT2D eigenvalue weighted by Gasteiger charge is -2.37. The average molecular weight is 308 g/mol. The van der Waals surface area contributed by atoms with Crippen molar-refractivity contribution < 1.29 is 9.90 Å². The van der Waals surface area contributed by atoms with Gasteiger partial charge in [0.1, 0.15) is 6.07 Å². The molecular formula is C15H18ClN3O2. The first kappa shape index (κ1) is 15.8. The Morgan fingerprint density at radius 1 is 1.52 bits per heavy atom. The van der Waals surface area contributed by atoms with Gasteiger partial charge >= 0.3 is 0 Å². The smallest absolute Gasteiger partial charge is 0.251 e. The van der Waals surface area contributed by atoms with Gasteiger partial charge in [-0.05, 0) is 50.6 Å². The molecule has 0 radical (unpaired) electrons. The fraction of sp³-hybridized carbons (Fsp3) is 0.467. The molecule has 1 aliphatic heterocycles. The normalized spacial score (nSPS) is 19.7. The number of hydrogen-bond acceptors (Lipinski definition) is 4. The molecule has 0 bridgehead atoms. The van der Waals surface area contributed by atoms with E-state index in [4.69, 9.17) is 22.6 Å². The molecule has 1 aliphatic rings. The highest BCUT2D eigenvalue weighted by atomic mass is 35.5. The molecule has 2 atom stereocenters. The number of aliphatic hydroxyl groups is 1. The van der Waals surface area contributed by atoms with Gasteiger partial charge in [-0.3, -0.25) is 9.69 Å². The number of rotatable bonds is 4. The van der Waals surface area contributed by atoms with E-state index in [-0.39, 0.29) is 0 Å². The van der Waals surface area contributed by atoms with Crippen LogP contribution in [0.15, 0.2) is 18.2 Å². The maximum Gasteiger partial charge on any atom is 0.251 e. The summed E-state index contributed by atoms with van der Waals surface area (Å²) in [5.41, 5.74) is 4.71. The SMILES string of the molecule is CC(O)(C(N)=O)C(c1ccc(C#N)c(Cl)c1)N1CCCC1. The lowest BCUT2D eigenvalue weighted by atomic mass is 9.88. The van der Waals surface area contributed by atoms with Gasteiger partial charge in [-0.1, -0.05) is 17.7 Å². The molecule has 2 unspecified atom stereocenters. The molecule has 6 heteroatoms. The first-order valence-electron chi connectivity index (χ1n) is 6.84. The van der Waals surface area contributed by atoms with Crippen LogP contribution in [-0.2, 0) is 4.79 Å². The van der Waals surface area contributed by atoms with Gasteiger partial charge in [0, 0.05) is 0 Å². The number of benzene rings is 1. The van der Waals surface area contributed by atoms with E-state index in [1.807, 2.05) is 11.0 Å². The standard InChI is InChI=1S/C15H18ClN3O2/c1-15(21,14(18)20)13(19-6-2-3-7-19)10-4-5-11(9-17)12(16)8-10/h4-5,8,13,21H,2-3,6-7H2,1H3,(H2,18,20). The van der Waals surface area contributed by atoms with Crippen LogP contribution in [0.5, 0.6) is 0 Å². The zero-order chi connectivity index (χ0) is 15.6. The first-order valence-corrected chi connectivity index (χ1v) is 7.21. The Kier molecular flexibility index (Phi) is 4.52. The van der Waals surface area contributed by atoms with Gasteiger partial charge in [0.15, 0.2) is 5.60 Å². The zero-order valence-corrected chi connectivity index (χ0v) is 12.6.